The summed E-state index contributed by atoms with van der Waals surface area (Å²) >= 11 is 0. The number of amides is 2. The third-order valence-electron chi connectivity index (χ3n) is 4.81. The van der Waals surface area contributed by atoms with Crippen molar-refractivity contribution < 1.29 is 13.7 Å². The number of halogens is 1. The van der Waals surface area contributed by atoms with Gasteiger partial charge in [-0.2, -0.15) is 4.98 Å². The molecule has 0 unspecified atom stereocenters. The number of aromatic nitrogens is 2. The Morgan fingerprint density at radius 2 is 2.04 bits per heavy atom. The fourth-order valence-electron chi connectivity index (χ4n) is 3.20. The van der Waals surface area contributed by atoms with Crippen molar-refractivity contribution in [2.45, 2.75) is 50.6 Å². The number of piperidine rings is 1. The first-order valence-electron chi connectivity index (χ1n) is 8.83. The summed E-state index contributed by atoms with van der Waals surface area (Å²) in [6.45, 7) is 1.03. The van der Waals surface area contributed by atoms with Gasteiger partial charge in [-0.15, -0.1) is 0 Å². The summed E-state index contributed by atoms with van der Waals surface area (Å²) < 4.78 is 18.4. The van der Waals surface area contributed by atoms with Crippen LogP contribution >= 0.6 is 0 Å². The van der Waals surface area contributed by atoms with Gasteiger partial charge in [0.2, 0.25) is 5.89 Å². The molecule has 0 spiro atoms. The van der Waals surface area contributed by atoms with E-state index in [4.69, 9.17) is 4.52 Å². The Morgan fingerprint density at radius 1 is 1.24 bits per heavy atom. The molecule has 2 aromatic rings. The molecule has 2 fully saturated rings. The topological polar surface area (TPSA) is 71.3 Å². The fraction of sp³-hybridized carbons (Fsp3) is 0.500. The summed E-state index contributed by atoms with van der Waals surface area (Å²) in [7, 11) is 0. The summed E-state index contributed by atoms with van der Waals surface area (Å²) in [5.74, 6) is 1.46. The number of urea groups is 1. The number of carbonyl (C=O) groups excluding carboxylic acids is 1. The van der Waals surface area contributed by atoms with Gasteiger partial charge in [0.1, 0.15) is 11.9 Å². The third-order valence-corrected chi connectivity index (χ3v) is 4.81. The molecule has 0 bridgehead atoms. The lowest BCUT2D eigenvalue weighted by atomic mass is 10.0. The number of benzene rings is 1. The van der Waals surface area contributed by atoms with Crippen LogP contribution in [0.15, 0.2) is 28.8 Å². The van der Waals surface area contributed by atoms with Gasteiger partial charge < -0.3 is 14.7 Å². The lowest BCUT2D eigenvalue weighted by Gasteiger charge is -2.33. The van der Waals surface area contributed by atoms with E-state index >= 15 is 0 Å². The number of carbonyl (C=O) groups is 1. The maximum atomic E-state index is 13.0. The Hall–Kier alpha value is -2.44. The van der Waals surface area contributed by atoms with Crippen LogP contribution < -0.4 is 5.32 Å². The zero-order valence-corrected chi connectivity index (χ0v) is 13.9. The molecule has 2 heterocycles. The van der Waals surface area contributed by atoms with Crippen LogP contribution in [0.1, 0.15) is 61.3 Å². The molecule has 1 saturated heterocycles. The maximum Gasteiger partial charge on any atom is 0.318 e. The van der Waals surface area contributed by atoms with E-state index in [1.54, 1.807) is 17.0 Å². The average molecular weight is 344 g/mol. The molecule has 1 aromatic carbocycles. The second-order valence-corrected chi connectivity index (χ2v) is 6.76. The smallest absolute Gasteiger partial charge is 0.318 e. The van der Waals surface area contributed by atoms with Crippen LogP contribution in [0.3, 0.4) is 0 Å². The number of hydrogen-bond acceptors (Lipinski definition) is 4. The van der Waals surface area contributed by atoms with E-state index in [0.717, 1.165) is 43.5 Å². The second kappa shape index (κ2) is 6.82. The lowest BCUT2D eigenvalue weighted by molar-refractivity contribution is 0.131. The van der Waals surface area contributed by atoms with E-state index in [9.17, 15) is 9.18 Å². The van der Waals surface area contributed by atoms with E-state index in [1.807, 2.05) is 0 Å². The highest BCUT2D eigenvalue weighted by Crippen LogP contribution is 2.39. The number of nitrogens with one attached hydrogen (secondary N) is 1. The summed E-state index contributed by atoms with van der Waals surface area (Å²) in [6, 6.07) is 5.81. The van der Waals surface area contributed by atoms with E-state index in [2.05, 4.69) is 15.5 Å². The van der Waals surface area contributed by atoms with Gasteiger partial charge in [0.05, 0.1) is 0 Å². The molecule has 0 radical (unpaired) electrons. The monoisotopic (exact) mass is 344 g/mol. The van der Waals surface area contributed by atoms with Crippen LogP contribution in [0.2, 0.25) is 0 Å². The van der Waals surface area contributed by atoms with Gasteiger partial charge in [-0.1, -0.05) is 17.3 Å². The van der Waals surface area contributed by atoms with Gasteiger partial charge in [-0.05, 0) is 49.8 Å². The van der Waals surface area contributed by atoms with Crippen molar-refractivity contribution in [3.05, 3.63) is 47.4 Å². The molecule has 1 aliphatic heterocycles. The Labute approximate surface area is 145 Å². The molecule has 25 heavy (non-hydrogen) atoms. The first-order valence-corrected chi connectivity index (χ1v) is 8.83. The third kappa shape index (κ3) is 3.65. The highest BCUT2D eigenvalue weighted by Gasteiger charge is 2.34. The lowest BCUT2D eigenvalue weighted by Crippen LogP contribution is -2.44. The van der Waals surface area contributed by atoms with Crippen LogP contribution in [0, 0.1) is 5.82 Å². The molecule has 1 N–H and O–H groups in total. The second-order valence-electron chi connectivity index (χ2n) is 6.76. The van der Waals surface area contributed by atoms with Crippen molar-refractivity contribution >= 4 is 6.03 Å². The average Bonchev–Trinajstić information content (AvgIpc) is 3.38. The Kier molecular flexibility index (Phi) is 4.38. The normalized spacial score (nSPS) is 20.5. The summed E-state index contributed by atoms with van der Waals surface area (Å²) in [5.41, 5.74) is 0.858. The molecule has 1 atom stereocenters. The molecule has 1 saturated carbocycles. The van der Waals surface area contributed by atoms with E-state index in [-0.39, 0.29) is 17.9 Å². The van der Waals surface area contributed by atoms with Gasteiger partial charge in [0, 0.05) is 19.0 Å². The number of likely N-dealkylation sites (tertiary alicyclic amines) is 1. The van der Waals surface area contributed by atoms with Crippen LogP contribution in [0.4, 0.5) is 9.18 Å². The van der Waals surface area contributed by atoms with Crippen LogP contribution in [0.5, 0.6) is 0 Å². The van der Waals surface area contributed by atoms with Gasteiger partial charge >= 0.3 is 6.03 Å². The predicted molar refractivity (Wildman–Crippen MR) is 88.2 cm³/mol. The van der Waals surface area contributed by atoms with Crippen molar-refractivity contribution in [1.29, 1.82) is 0 Å². The summed E-state index contributed by atoms with van der Waals surface area (Å²) in [4.78, 5) is 18.9. The number of nitrogens with zero attached hydrogens (tertiary/aromatic N) is 3. The van der Waals surface area contributed by atoms with Gasteiger partial charge in [0.25, 0.3) is 0 Å². The van der Waals surface area contributed by atoms with Crippen LogP contribution in [0.25, 0.3) is 0 Å². The van der Waals surface area contributed by atoms with Gasteiger partial charge in [0.15, 0.2) is 5.82 Å². The molecule has 7 heteroatoms. The molecular weight excluding hydrogens is 323 g/mol. The first-order chi connectivity index (χ1) is 12.2. The number of rotatable bonds is 4. The highest BCUT2D eigenvalue weighted by atomic mass is 19.1. The Morgan fingerprint density at radius 3 is 2.80 bits per heavy atom. The highest BCUT2D eigenvalue weighted by molar-refractivity contribution is 5.74. The van der Waals surface area contributed by atoms with Crippen molar-refractivity contribution in [3.8, 4) is 0 Å². The molecule has 132 valence electrons. The quantitative estimate of drug-likeness (QED) is 0.921. The molecule has 4 rings (SSSR count). The SMILES string of the molecule is O=C(NCc1ccc(F)cc1)N1CCCC[C@H]1c1nc(C2CC2)no1. The largest absolute Gasteiger partial charge is 0.337 e. The van der Waals surface area contributed by atoms with Crippen molar-refractivity contribution in [3.63, 3.8) is 0 Å². The fourth-order valence-corrected chi connectivity index (χ4v) is 3.20. The minimum absolute atomic E-state index is 0.153. The molecule has 1 aliphatic carbocycles. The minimum Gasteiger partial charge on any atom is -0.337 e. The minimum atomic E-state index is -0.283. The van der Waals surface area contributed by atoms with E-state index in [0.29, 0.717) is 24.9 Å². The predicted octanol–water partition coefficient (Wildman–Crippen LogP) is 3.52. The molecule has 6 nitrogen and oxygen atoms in total. The molecular formula is C18H21FN4O2. The number of hydrogen-bond donors (Lipinski definition) is 1. The Bertz CT molecular complexity index is 742. The van der Waals surface area contributed by atoms with Crippen molar-refractivity contribution in [2.75, 3.05) is 6.54 Å². The van der Waals surface area contributed by atoms with E-state index in [1.165, 1.54) is 12.1 Å². The molecule has 2 aliphatic rings. The zero-order chi connectivity index (χ0) is 17.2. The summed E-state index contributed by atoms with van der Waals surface area (Å²) in [6.07, 6.45) is 5.06. The first kappa shape index (κ1) is 16.1. The van der Waals surface area contributed by atoms with Crippen LogP contribution in [-0.4, -0.2) is 27.6 Å². The maximum absolute atomic E-state index is 13.0. The molecule has 1 aromatic heterocycles. The van der Waals surface area contributed by atoms with Crippen molar-refractivity contribution in [2.24, 2.45) is 0 Å². The summed E-state index contributed by atoms with van der Waals surface area (Å²) in [5, 5.41) is 6.97. The zero-order valence-electron chi connectivity index (χ0n) is 13.9. The van der Waals surface area contributed by atoms with Gasteiger partial charge in [-0.3, -0.25) is 0 Å². The molecule has 2 amide bonds. The standard InChI is InChI=1S/C18H21FN4O2/c19-14-8-4-12(5-9-14)11-20-18(24)23-10-2-1-3-15(23)17-21-16(22-25-17)13-6-7-13/h4-5,8-9,13,15H,1-3,6-7,10-11H2,(H,20,24)/t15-/m0/s1. The van der Waals surface area contributed by atoms with Crippen LogP contribution in [-0.2, 0) is 6.54 Å². The van der Waals surface area contributed by atoms with Gasteiger partial charge in [-0.25, -0.2) is 9.18 Å². The Balaban J connectivity index is 1.42. The van der Waals surface area contributed by atoms with E-state index < -0.39 is 0 Å². The van der Waals surface area contributed by atoms with Crippen molar-refractivity contribution in [1.82, 2.24) is 20.4 Å².